The third kappa shape index (κ3) is 3.78. The number of amides is 1. The van der Waals surface area contributed by atoms with Gasteiger partial charge in [-0.2, -0.15) is 0 Å². The second-order valence-corrected chi connectivity index (χ2v) is 4.86. The van der Waals surface area contributed by atoms with Crippen molar-refractivity contribution in [2.75, 3.05) is 13.1 Å². The molecule has 0 unspecified atom stereocenters. The predicted molar refractivity (Wildman–Crippen MR) is 81.2 cm³/mol. The van der Waals surface area contributed by atoms with Crippen LogP contribution in [0.15, 0.2) is 47.7 Å². The van der Waals surface area contributed by atoms with Crippen LogP contribution in [0.1, 0.15) is 22.8 Å². The van der Waals surface area contributed by atoms with Gasteiger partial charge in [0, 0.05) is 44.8 Å². The lowest BCUT2D eigenvalue weighted by Crippen LogP contribution is -2.33. The number of carbonyl (C=O) groups excluding carboxylic acids is 1. The normalized spacial score (nSPS) is 10.4. The van der Waals surface area contributed by atoms with Crippen molar-refractivity contribution in [1.82, 2.24) is 14.5 Å². The number of rotatable bonds is 5. The Kier molecular flexibility index (Phi) is 4.87. The van der Waals surface area contributed by atoms with Gasteiger partial charge in [0.1, 0.15) is 0 Å². The van der Waals surface area contributed by atoms with Gasteiger partial charge >= 0.3 is 0 Å². The van der Waals surface area contributed by atoms with E-state index in [1.165, 1.54) is 10.6 Å². The summed E-state index contributed by atoms with van der Waals surface area (Å²) in [5.41, 5.74) is 1.57. The molecule has 0 bridgehead atoms. The Hall–Kier alpha value is -2.43. The molecule has 5 heteroatoms. The van der Waals surface area contributed by atoms with Gasteiger partial charge in [-0.05, 0) is 37.1 Å². The monoisotopic (exact) mass is 285 g/mol. The SMILES string of the molecule is CCN(CCc1ccncc1)C(=O)c1ccc(=O)n(C)c1. The Labute approximate surface area is 123 Å². The summed E-state index contributed by atoms with van der Waals surface area (Å²) in [6.07, 6.45) is 5.87. The van der Waals surface area contributed by atoms with E-state index in [1.54, 1.807) is 36.6 Å². The van der Waals surface area contributed by atoms with Crippen LogP contribution in [0.2, 0.25) is 0 Å². The van der Waals surface area contributed by atoms with E-state index < -0.39 is 0 Å². The number of hydrogen-bond donors (Lipinski definition) is 0. The van der Waals surface area contributed by atoms with Gasteiger partial charge in [0.25, 0.3) is 5.91 Å². The van der Waals surface area contributed by atoms with Gasteiger partial charge in [0.15, 0.2) is 0 Å². The van der Waals surface area contributed by atoms with Crippen molar-refractivity contribution in [3.63, 3.8) is 0 Å². The van der Waals surface area contributed by atoms with Gasteiger partial charge in [-0.3, -0.25) is 14.6 Å². The summed E-state index contributed by atoms with van der Waals surface area (Å²) in [6.45, 7) is 3.22. The van der Waals surface area contributed by atoms with E-state index in [4.69, 9.17) is 0 Å². The maximum atomic E-state index is 12.5. The molecule has 0 fully saturated rings. The van der Waals surface area contributed by atoms with Crippen LogP contribution >= 0.6 is 0 Å². The maximum absolute atomic E-state index is 12.5. The van der Waals surface area contributed by atoms with E-state index in [0.29, 0.717) is 18.7 Å². The zero-order valence-electron chi connectivity index (χ0n) is 12.3. The van der Waals surface area contributed by atoms with Crippen LogP contribution in [0.4, 0.5) is 0 Å². The third-order valence-electron chi connectivity index (χ3n) is 3.42. The van der Waals surface area contributed by atoms with E-state index in [9.17, 15) is 9.59 Å². The molecular formula is C16H19N3O2. The van der Waals surface area contributed by atoms with E-state index in [0.717, 1.165) is 12.0 Å². The summed E-state index contributed by atoms with van der Waals surface area (Å²) in [7, 11) is 1.65. The molecule has 0 aromatic carbocycles. The second kappa shape index (κ2) is 6.83. The number of aromatic nitrogens is 2. The minimum absolute atomic E-state index is 0.0536. The van der Waals surface area contributed by atoms with Crippen molar-refractivity contribution in [1.29, 1.82) is 0 Å². The first kappa shape index (κ1) is 15.0. The number of nitrogens with zero attached hydrogens (tertiary/aromatic N) is 3. The molecule has 0 aliphatic rings. The molecule has 0 N–H and O–H groups in total. The summed E-state index contributed by atoms with van der Waals surface area (Å²) in [4.78, 5) is 29.6. The summed E-state index contributed by atoms with van der Waals surface area (Å²) >= 11 is 0. The van der Waals surface area contributed by atoms with Crippen LogP contribution in [-0.2, 0) is 13.5 Å². The molecule has 0 aliphatic heterocycles. The number of pyridine rings is 2. The fourth-order valence-corrected chi connectivity index (χ4v) is 2.12. The highest BCUT2D eigenvalue weighted by Gasteiger charge is 2.14. The standard InChI is InChI=1S/C16H19N3O2/c1-3-19(11-8-13-6-9-17-10-7-13)16(21)14-4-5-15(20)18(2)12-14/h4-7,9-10,12H,3,8,11H2,1-2H3. The molecule has 0 saturated heterocycles. The molecule has 1 amide bonds. The zero-order chi connectivity index (χ0) is 15.2. The Morgan fingerprint density at radius 2 is 1.95 bits per heavy atom. The summed E-state index contributed by atoms with van der Waals surface area (Å²) in [5, 5.41) is 0. The highest BCUT2D eigenvalue weighted by atomic mass is 16.2. The molecule has 2 aromatic rings. The number of likely N-dealkylation sites (N-methyl/N-ethyl adjacent to an activating group) is 1. The largest absolute Gasteiger partial charge is 0.339 e. The molecule has 5 nitrogen and oxygen atoms in total. The number of carbonyl (C=O) groups is 1. The summed E-state index contributed by atoms with van der Waals surface area (Å²) in [6, 6.07) is 6.90. The molecule has 0 radical (unpaired) electrons. The van der Waals surface area contributed by atoms with Crippen LogP contribution < -0.4 is 5.56 Å². The molecule has 2 heterocycles. The first-order valence-electron chi connectivity index (χ1n) is 6.96. The smallest absolute Gasteiger partial charge is 0.255 e. The Bertz CT molecular complexity index is 665. The first-order chi connectivity index (χ1) is 10.1. The van der Waals surface area contributed by atoms with Gasteiger partial charge in [-0.25, -0.2) is 0 Å². The molecule has 0 aliphatic carbocycles. The highest BCUT2D eigenvalue weighted by Crippen LogP contribution is 2.05. The van der Waals surface area contributed by atoms with Gasteiger partial charge in [-0.1, -0.05) is 0 Å². The van der Waals surface area contributed by atoms with Crippen molar-refractivity contribution in [3.8, 4) is 0 Å². The number of hydrogen-bond acceptors (Lipinski definition) is 3. The Morgan fingerprint density at radius 3 is 2.57 bits per heavy atom. The lowest BCUT2D eigenvalue weighted by atomic mass is 10.1. The summed E-state index contributed by atoms with van der Waals surface area (Å²) < 4.78 is 1.42. The van der Waals surface area contributed by atoms with Crippen molar-refractivity contribution in [2.24, 2.45) is 7.05 Å². The minimum Gasteiger partial charge on any atom is -0.339 e. The minimum atomic E-state index is -0.119. The molecule has 0 atom stereocenters. The van der Waals surface area contributed by atoms with E-state index in [-0.39, 0.29) is 11.5 Å². The first-order valence-corrected chi connectivity index (χ1v) is 6.96. The quantitative estimate of drug-likeness (QED) is 0.836. The molecule has 0 spiro atoms. The zero-order valence-corrected chi connectivity index (χ0v) is 12.3. The molecule has 0 saturated carbocycles. The average Bonchev–Trinajstić information content (AvgIpc) is 2.51. The number of aryl methyl sites for hydroxylation is 1. The van der Waals surface area contributed by atoms with Gasteiger partial charge in [0.05, 0.1) is 5.56 Å². The van der Waals surface area contributed by atoms with Gasteiger partial charge in [-0.15, -0.1) is 0 Å². The Balaban J connectivity index is 2.07. The van der Waals surface area contributed by atoms with E-state index in [1.807, 2.05) is 19.1 Å². The molecular weight excluding hydrogens is 266 g/mol. The van der Waals surface area contributed by atoms with Crippen molar-refractivity contribution in [2.45, 2.75) is 13.3 Å². The Morgan fingerprint density at radius 1 is 1.24 bits per heavy atom. The van der Waals surface area contributed by atoms with Gasteiger partial charge in [0.2, 0.25) is 5.56 Å². The van der Waals surface area contributed by atoms with Gasteiger partial charge < -0.3 is 9.47 Å². The molecule has 2 rings (SSSR count). The molecule has 110 valence electrons. The lowest BCUT2D eigenvalue weighted by molar-refractivity contribution is 0.0765. The fourth-order valence-electron chi connectivity index (χ4n) is 2.12. The molecule has 21 heavy (non-hydrogen) atoms. The lowest BCUT2D eigenvalue weighted by Gasteiger charge is -2.21. The fraction of sp³-hybridized carbons (Fsp3) is 0.312. The van der Waals surface area contributed by atoms with Crippen molar-refractivity contribution in [3.05, 3.63) is 64.3 Å². The second-order valence-electron chi connectivity index (χ2n) is 4.86. The predicted octanol–water partition coefficient (Wildman–Crippen LogP) is 1.49. The topological polar surface area (TPSA) is 55.2 Å². The summed E-state index contributed by atoms with van der Waals surface area (Å²) in [5.74, 6) is -0.0536. The van der Waals surface area contributed by atoms with Crippen LogP contribution in [0.3, 0.4) is 0 Å². The van der Waals surface area contributed by atoms with Crippen LogP contribution in [-0.4, -0.2) is 33.4 Å². The van der Waals surface area contributed by atoms with Crippen molar-refractivity contribution >= 4 is 5.91 Å². The third-order valence-corrected chi connectivity index (χ3v) is 3.42. The van der Waals surface area contributed by atoms with E-state index in [2.05, 4.69) is 4.98 Å². The van der Waals surface area contributed by atoms with Crippen LogP contribution in [0, 0.1) is 0 Å². The van der Waals surface area contributed by atoms with Crippen LogP contribution in [0.5, 0.6) is 0 Å². The molecule has 2 aromatic heterocycles. The maximum Gasteiger partial charge on any atom is 0.255 e. The van der Waals surface area contributed by atoms with Crippen molar-refractivity contribution < 1.29 is 4.79 Å². The van der Waals surface area contributed by atoms with E-state index >= 15 is 0 Å². The highest BCUT2D eigenvalue weighted by molar-refractivity contribution is 5.93. The van der Waals surface area contributed by atoms with Crippen LogP contribution in [0.25, 0.3) is 0 Å². The average molecular weight is 285 g/mol.